The highest BCUT2D eigenvalue weighted by Crippen LogP contribution is 2.32. The molecule has 2 saturated carbocycles. The van der Waals surface area contributed by atoms with Crippen LogP contribution in [0.15, 0.2) is 36.9 Å². The highest BCUT2D eigenvalue weighted by Gasteiger charge is 2.37. The topological polar surface area (TPSA) is 152 Å². The predicted octanol–water partition coefficient (Wildman–Crippen LogP) is 3.37. The molecule has 3 heterocycles. The largest absolute Gasteiger partial charge is 0.390 e. The summed E-state index contributed by atoms with van der Waals surface area (Å²) in [4.78, 5) is 24.8. The maximum absolute atomic E-state index is 13.2. The number of Topliss-reactive ketones (excluding diaryl/α,β-unsaturated/α-hetero) is 1. The third-order valence-corrected chi connectivity index (χ3v) is 8.76. The quantitative estimate of drug-likeness (QED) is 0.340. The van der Waals surface area contributed by atoms with E-state index in [9.17, 15) is 27.1 Å². The predicted molar refractivity (Wildman–Crippen MR) is 135 cm³/mol. The minimum atomic E-state index is -3.53. The number of aromatic nitrogens is 5. The van der Waals surface area contributed by atoms with E-state index >= 15 is 0 Å². The van der Waals surface area contributed by atoms with Crippen molar-refractivity contribution in [2.75, 3.05) is 10.6 Å². The van der Waals surface area contributed by atoms with E-state index in [0.717, 1.165) is 10.3 Å². The van der Waals surface area contributed by atoms with Gasteiger partial charge in [-0.2, -0.15) is 9.19 Å². The Bertz CT molecular complexity index is 1450. The van der Waals surface area contributed by atoms with Crippen LogP contribution in [0, 0.1) is 0 Å². The molecule has 0 spiro atoms. The van der Waals surface area contributed by atoms with Crippen LogP contribution >= 0.6 is 0 Å². The van der Waals surface area contributed by atoms with Gasteiger partial charge in [-0.05, 0) is 51.5 Å². The number of pyridine rings is 1. The number of aliphatic hydroxyl groups is 1. The third-order valence-electron chi connectivity index (χ3n) is 6.73. The lowest BCUT2D eigenvalue weighted by molar-refractivity contribution is 0.0196. The van der Waals surface area contributed by atoms with Crippen LogP contribution < -0.4 is 10.6 Å². The summed E-state index contributed by atoms with van der Waals surface area (Å²) in [5.41, 5.74) is -0.386. The van der Waals surface area contributed by atoms with E-state index in [1.807, 2.05) is 0 Å². The van der Waals surface area contributed by atoms with Crippen LogP contribution in [0.2, 0.25) is 0 Å². The van der Waals surface area contributed by atoms with Crippen molar-refractivity contribution in [3.63, 3.8) is 0 Å². The van der Waals surface area contributed by atoms with Gasteiger partial charge in [-0.15, -0.1) is 0 Å². The molecule has 38 heavy (non-hydrogen) atoms. The van der Waals surface area contributed by atoms with Crippen LogP contribution in [-0.2, 0) is 10.0 Å². The Kier molecular flexibility index (Phi) is 6.86. The first-order valence-corrected chi connectivity index (χ1v) is 13.7. The summed E-state index contributed by atoms with van der Waals surface area (Å²) in [5, 5.41) is 19.9. The van der Waals surface area contributed by atoms with Crippen LogP contribution in [-0.4, -0.2) is 66.8 Å². The number of carbonyl (C=O) groups excluding carboxylic acids is 1. The average Bonchev–Trinajstić information content (AvgIpc) is 3.62. The Labute approximate surface area is 217 Å². The first-order chi connectivity index (χ1) is 18.0. The van der Waals surface area contributed by atoms with Crippen LogP contribution in [0.25, 0.3) is 11.4 Å². The van der Waals surface area contributed by atoms with Gasteiger partial charge < -0.3 is 15.7 Å². The Balaban J connectivity index is 1.37. The van der Waals surface area contributed by atoms with Gasteiger partial charge in [0, 0.05) is 24.5 Å². The Hall–Kier alpha value is -3.52. The molecule has 0 radical (unpaired) electrons. The number of halogens is 2. The molecular formula is C24H27F2N7O4S. The number of carbonyl (C=O) groups is 1. The molecule has 14 heteroatoms. The maximum Gasteiger partial charge on any atom is 0.300 e. The highest BCUT2D eigenvalue weighted by atomic mass is 32.2. The van der Waals surface area contributed by atoms with Gasteiger partial charge in [0.2, 0.25) is 5.78 Å². The molecule has 3 N–H and O–H groups in total. The van der Waals surface area contributed by atoms with Crippen LogP contribution in [0.3, 0.4) is 0 Å². The van der Waals surface area contributed by atoms with E-state index in [4.69, 9.17) is 0 Å². The molecule has 0 aromatic carbocycles. The van der Waals surface area contributed by atoms with Crippen LogP contribution in [0.1, 0.15) is 55.8 Å². The van der Waals surface area contributed by atoms with Gasteiger partial charge >= 0.3 is 6.43 Å². The molecule has 0 bridgehead atoms. The lowest BCUT2D eigenvalue weighted by atomic mass is 9.83. The number of hydrogen-bond acceptors (Lipinski definition) is 10. The highest BCUT2D eigenvalue weighted by molar-refractivity contribution is 7.90. The number of anilines is 3. The molecular weight excluding hydrogens is 520 g/mol. The van der Waals surface area contributed by atoms with E-state index in [1.165, 1.54) is 24.7 Å². The zero-order valence-corrected chi connectivity index (χ0v) is 21.3. The lowest BCUT2D eigenvalue weighted by Crippen LogP contribution is -2.36. The maximum atomic E-state index is 13.2. The fraction of sp³-hybridized carbons (Fsp3) is 0.458. The second kappa shape index (κ2) is 9.98. The van der Waals surface area contributed by atoms with E-state index in [0.29, 0.717) is 49.9 Å². The van der Waals surface area contributed by atoms with Crippen molar-refractivity contribution < 1.29 is 27.1 Å². The van der Waals surface area contributed by atoms with Crippen molar-refractivity contribution in [2.24, 2.45) is 0 Å². The van der Waals surface area contributed by atoms with Gasteiger partial charge in [0.1, 0.15) is 11.6 Å². The molecule has 0 unspecified atom stereocenters. The molecule has 0 amide bonds. The minimum absolute atomic E-state index is 0.108. The average molecular weight is 548 g/mol. The molecule has 2 fully saturated rings. The Morgan fingerprint density at radius 2 is 1.89 bits per heavy atom. The molecule has 3 aromatic heterocycles. The van der Waals surface area contributed by atoms with Crippen molar-refractivity contribution in [1.82, 2.24) is 24.1 Å². The van der Waals surface area contributed by atoms with Gasteiger partial charge in [0.25, 0.3) is 10.0 Å². The monoisotopic (exact) mass is 547 g/mol. The number of hydrogen-bond donors (Lipinski definition) is 3. The number of nitrogens with one attached hydrogen (secondary N) is 2. The molecule has 3 aromatic rings. The summed E-state index contributed by atoms with van der Waals surface area (Å²) < 4.78 is 52.2. The number of nitrogens with zero attached hydrogens (tertiary/aromatic N) is 5. The van der Waals surface area contributed by atoms with Crippen LogP contribution in [0.5, 0.6) is 0 Å². The Morgan fingerprint density at radius 1 is 1.16 bits per heavy atom. The molecule has 202 valence electrons. The summed E-state index contributed by atoms with van der Waals surface area (Å²) >= 11 is 0. The standard InChI is InChI=1S/C24H27F2N7O4S/c1-24(35)7-4-15(5-8-24)30-18-10-20(28-12-17(18)21(34)22(25)26)31-19-6-9-27-23(32-19)14-11-29-33(13-14)38(36,37)16-2-3-16/h6,9-13,15-16,22,35H,2-5,7-8H2,1H3,(H2,27,28,30,31,32). The SMILES string of the molecule is CC1(O)CCC(Nc2cc(Nc3ccnc(-c4cnn(S(=O)(=O)C5CC5)c4)n3)ncc2C(=O)C(F)F)CC1. The van der Waals surface area contributed by atoms with Crippen LogP contribution in [0.4, 0.5) is 26.1 Å². The zero-order chi connectivity index (χ0) is 27.1. The van der Waals surface area contributed by atoms with Gasteiger partial charge in [-0.3, -0.25) is 4.79 Å². The van der Waals surface area contributed by atoms with Crippen molar-refractivity contribution in [3.05, 3.63) is 42.5 Å². The summed E-state index contributed by atoms with van der Waals surface area (Å²) in [7, 11) is -3.53. The van der Waals surface area contributed by atoms with Crippen molar-refractivity contribution in [1.29, 1.82) is 0 Å². The Morgan fingerprint density at radius 3 is 2.58 bits per heavy atom. The molecule has 5 rings (SSSR count). The van der Waals surface area contributed by atoms with Crippen molar-refractivity contribution in [2.45, 2.75) is 68.8 Å². The number of rotatable bonds is 9. The molecule has 0 aliphatic heterocycles. The summed E-state index contributed by atoms with van der Waals surface area (Å²) in [5.74, 6) is -0.549. The fourth-order valence-electron chi connectivity index (χ4n) is 4.34. The van der Waals surface area contributed by atoms with E-state index in [1.54, 1.807) is 13.0 Å². The first kappa shape index (κ1) is 26.1. The molecule has 2 aliphatic rings. The van der Waals surface area contributed by atoms with Crippen molar-refractivity contribution >= 4 is 33.1 Å². The van der Waals surface area contributed by atoms with Gasteiger partial charge in [-0.1, -0.05) is 0 Å². The minimum Gasteiger partial charge on any atom is -0.390 e. The van der Waals surface area contributed by atoms with E-state index < -0.39 is 33.1 Å². The van der Waals surface area contributed by atoms with E-state index in [2.05, 4.69) is 30.7 Å². The van der Waals surface area contributed by atoms with Crippen molar-refractivity contribution in [3.8, 4) is 11.4 Å². The molecule has 2 aliphatic carbocycles. The van der Waals surface area contributed by atoms with Gasteiger partial charge in [0.15, 0.2) is 5.82 Å². The third kappa shape index (κ3) is 5.65. The molecule has 0 saturated heterocycles. The first-order valence-electron chi connectivity index (χ1n) is 12.2. The summed E-state index contributed by atoms with van der Waals surface area (Å²) in [6.45, 7) is 1.76. The number of ketones is 1. The second-order valence-corrected chi connectivity index (χ2v) is 12.0. The summed E-state index contributed by atoms with van der Waals surface area (Å²) in [6.07, 6.45) is 5.64. The molecule has 11 nitrogen and oxygen atoms in total. The summed E-state index contributed by atoms with van der Waals surface area (Å²) in [6, 6.07) is 2.92. The van der Waals surface area contributed by atoms with E-state index in [-0.39, 0.29) is 28.9 Å². The fourth-order valence-corrected chi connectivity index (χ4v) is 5.81. The zero-order valence-electron chi connectivity index (χ0n) is 20.5. The number of alkyl halides is 2. The normalized spacial score (nSPS) is 21.9. The molecule has 0 atom stereocenters. The van der Waals surface area contributed by atoms with Gasteiger partial charge in [0.05, 0.1) is 40.1 Å². The second-order valence-electron chi connectivity index (χ2n) is 9.93. The van der Waals surface area contributed by atoms with Gasteiger partial charge in [-0.25, -0.2) is 32.2 Å². The smallest absolute Gasteiger partial charge is 0.300 e. The lowest BCUT2D eigenvalue weighted by Gasteiger charge is -2.34.